The Balaban J connectivity index is 2.29. The molecule has 1 amide bonds. The van der Waals surface area contributed by atoms with Crippen LogP contribution in [-0.4, -0.2) is 55.1 Å². The van der Waals surface area contributed by atoms with Crippen LogP contribution in [0.4, 0.5) is 0 Å². The molecule has 1 aromatic carbocycles. The molecule has 0 radical (unpaired) electrons. The summed E-state index contributed by atoms with van der Waals surface area (Å²) >= 11 is 0. The summed E-state index contributed by atoms with van der Waals surface area (Å²) in [7, 11) is -3.48. The van der Waals surface area contributed by atoms with Gasteiger partial charge in [-0.05, 0) is 19.9 Å². The number of ether oxygens (including phenoxy) is 1. The number of fused-ring (bicyclic) bond motifs is 1. The number of aliphatic hydroxyl groups is 1. The zero-order valence-corrected chi connectivity index (χ0v) is 13.5. The molecule has 0 aromatic heterocycles. The van der Waals surface area contributed by atoms with Gasteiger partial charge in [-0.1, -0.05) is 18.2 Å². The van der Waals surface area contributed by atoms with Gasteiger partial charge in [0, 0.05) is 5.56 Å². The van der Waals surface area contributed by atoms with E-state index in [4.69, 9.17) is 4.74 Å². The van der Waals surface area contributed by atoms with E-state index >= 15 is 0 Å². The minimum atomic E-state index is -3.48. The minimum Gasteiger partial charge on any atom is -0.491 e. The first-order chi connectivity index (χ1) is 10.4. The molecule has 7 heteroatoms. The second kappa shape index (κ2) is 6.66. The summed E-state index contributed by atoms with van der Waals surface area (Å²) in [5, 5.41) is 9.08. The molecular formula is C15H21NO5S. The van der Waals surface area contributed by atoms with Crippen molar-refractivity contribution in [2.75, 3.05) is 25.5 Å². The monoisotopic (exact) mass is 327 g/mol. The Morgan fingerprint density at radius 3 is 2.73 bits per heavy atom. The van der Waals surface area contributed by atoms with Gasteiger partial charge in [-0.25, -0.2) is 8.42 Å². The lowest BCUT2D eigenvalue weighted by Gasteiger charge is -2.28. The molecule has 1 N–H and O–H groups in total. The Labute approximate surface area is 130 Å². The SMILES string of the molecule is CC(C)S(=O)(=O)CC(=O)N1CCOc2ccccc2C1CO. The van der Waals surface area contributed by atoms with Crippen molar-refractivity contribution >= 4 is 15.7 Å². The maximum Gasteiger partial charge on any atom is 0.238 e. The molecule has 0 bridgehead atoms. The molecule has 0 fully saturated rings. The van der Waals surface area contributed by atoms with Crippen molar-refractivity contribution in [3.8, 4) is 5.75 Å². The number of para-hydroxylation sites is 1. The van der Waals surface area contributed by atoms with Gasteiger partial charge in [0.05, 0.1) is 24.4 Å². The first-order valence-corrected chi connectivity index (χ1v) is 8.92. The average Bonchev–Trinajstić information content (AvgIpc) is 2.65. The Morgan fingerprint density at radius 1 is 1.41 bits per heavy atom. The van der Waals surface area contributed by atoms with Gasteiger partial charge in [0.2, 0.25) is 5.91 Å². The number of hydrogen-bond acceptors (Lipinski definition) is 5. The standard InChI is InChI=1S/C15H21NO5S/c1-11(2)22(19,20)10-15(18)16-7-8-21-14-6-4-3-5-12(14)13(16)9-17/h3-6,11,13,17H,7-10H2,1-2H3. The van der Waals surface area contributed by atoms with Crippen LogP contribution in [0.2, 0.25) is 0 Å². The van der Waals surface area contributed by atoms with Gasteiger partial charge < -0.3 is 14.7 Å². The first kappa shape index (κ1) is 16.8. The molecule has 22 heavy (non-hydrogen) atoms. The van der Waals surface area contributed by atoms with Crippen molar-refractivity contribution in [2.45, 2.75) is 25.1 Å². The van der Waals surface area contributed by atoms with Crippen molar-refractivity contribution < 1.29 is 23.1 Å². The molecular weight excluding hydrogens is 306 g/mol. The Hall–Kier alpha value is -1.60. The molecule has 0 spiro atoms. The highest BCUT2D eigenvalue weighted by atomic mass is 32.2. The normalized spacial score (nSPS) is 18.5. The minimum absolute atomic E-state index is 0.242. The van der Waals surface area contributed by atoms with E-state index < -0.39 is 32.8 Å². The van der Waals surface area contributed by atoms with Gasteiger partial charge in [0.25, 0.3) is 0 Å². The first-order valence-electron chi connectivity index (χ1n) is 7.20. The van der Waals surface area contributed by atoms with Crippen molar-refractivity contribution in [3.63, 3.8) is 0 Å². The number of carbonyl (C=O) groups excluding carboxylic acids is 1. The maximum atomic E-state index is 12.4. The molecule has 1 aromatic rings. The fraction of sp³-hybridized carbons (Fsp3) is 0.533. The highest BCUT2D eigenvalue weighted by Crippen LogP contribution is 2.31. The van der Waals surface area contributed by atoms with Crippen molar-refractivity contribution in [1.29, 1.82) is 0 Å². The average molecular weight is 327 g/mol. The lowest BCUT2D eigenvalue weighted by Crippen LogP contribution is -2.42. The molecule has 1 atom stereocenters. The van der Waals surface area contributed by atoms with Crippen LogP contribution in [0, 0.1) is 0 Å². The summed E-state index contributed by atoms with van der Waals surface area (Å²) < 4.78 is 29.5. The van der Waals surface area contributed by atoms with Crippen LogP contribution in [0.25, 0.3) is 0 Å². The number of carbonyl (C=O) groups is 1. The van der Waals surface area contributed by atoms with Crippen LogP contribution in [0.1, 0.15) is 25.5 Å². The predicted molar refractivity (Wildman–Crippen MR) is 82.4 cm³/mol. The van der Waals surface area contributed by atoms with E-state index in [1.54, 1.807) is 32.0 Å². The third-order valence-electron chi connectivity index (χ3n) is 3.78. The van der Waals surface area contributed by atoms with Crippen LogP contribution in [0.3, 0.4) is 0 Å². The van der Waals surface area contributed by atoms with Crippen LogP contribution >= 0.6 is 0 Å². The number of rotatable bonds is 4. The molecule has 2 rings (SSSR count). The van der Waals surface area contributed by atoms with E-state index in [1.807, 2.05) is 6.07 Å². The number of amides is 1. The Bertz CT molecular complexity index is 641. The molecule has 6 nitrogen and oxygen atoms in total. The molecule has 1 aliphatic rings. The number of hydrogen-bond donors (Lipinski definition) is 1. The summed E-state index contributed by atoms with van der Waals surface area (Å²) in [6, 6.07) is 6.57. The highest BCUT2D eigenvalue weighted by molar-refractivity contribution is 7.92. The zero-order chi connectivity index (χ0) is 16.3. The molecule has 0 aliphatic carbocycles. The van der Waals surface area contributed by atoms with Gasteiger partial charge in [-0.3, -0.25) is 4.79 Å². The van der Waals surface area contributed by atoms with Crippen molar-refractivity contribution in [2.24, 2.45) is 0 Å². The van der Waals surface area contributed by atoms with Gasteiger partial charge >= 0.3 is 0 Å². The fourth-order valence-corrected chi connectivity index (χ4v) is 3.23. The van der Waals surface area contributed by atoms with E-state index in [9.17, 15) is 18.3 Å². The third-order valence-corrected chi connectivity index (χ3v) is 5.87. The predicted octanol–water partition coefficient (Wildman–Crippen LogP) is 0.764. The number of aliphatic hydroxyl groups excluding tert-OH is 1. The van der Waals surface area contributed by atoms with Crippen LogP contribution < -0.4 is 4.74 Å². The van der Waals surface area contributed by atoms with Crippen LogP contribution in [-0.2, 0) is 14.6 Å². The lowest BCUT2D eigenvalue weighted by molar-refractivity contribution is -0.131. The number of nitrogens with zero attached hydrogens (tertiary/aromatic N) is 1. The topological polar surface area (TPSA) is 83.9 Å². The van der Waals surface area contributed by atoms with Gasteiger partial charge in [-0.2, -0.15) is 0 Å². The summed E-state index contributed by atoms with van der Waals surface area (Å²) in [6.07, 6.45) is 0. The largest absolute Gasteiger partial charge is 0.491 e. The quantitative estimate of drug-likeness (QED) is 0.883. The lowest BCUT2D eigenvalue weighted by atomic mass is 10.1. The molecule has 0 saturated carbocycles. The summed E-state index contributed by atoms with van der Waals surface area (Å²) in [6.45, 7) is 3.32. The van der Waals surface area contributed by atoms with E-state index in [-0.39, 0.29) is 19.8 Å². The second-order valence-electron chi connectivity index (χ2n) is 5.53. The summed E-state index contributed by atoms with van der Waals surface area (Å²) in [5.74, 6) is -0.444. The summed E-state index contributed by atoms with van der Waals surface area (Å²) in [5.41, 5.74) is 0.692. The van der Waals surface area contributed by atoms with Crippen LogP contribution in [0.5, 0.6) is 5.75 Å². The zero-order valence-electron chi connectivity index (χ0n) is 12.7. The van der Waals surface area contributed by atoms with Gasteiger partial charge in [0.15, 0.2) is 9.84 Å². The van der Waals surface area contributed by atoms with Gasteiger partial charge in [-0.15, -0.1) is 0 Å². The molecule has 1 aliphatic heterocycles. The number of benzene rings is 1. The Kier molecular flexibility index (Phi) is 5.08. The molecule has 0 saturated heterocycles. The highest BCUT2D eigenvalue weighted by Gasteiger charge is 2.32. The van der Waals surface area contributed by atoms with Crippen molar-refractivity contribution in [3.05, 3.63) is 29.8 Å². The third kappa shape index (κ3) is 3.41. The van der Waals surface area contributed by atoms with E-state index in [0.29, 0.717) is 11.3 Å². The Morgan fingerprint density at radius 2 is 2.09 bits per heavy atom. The van der Waals surface area contributed by atoms with E-state index in [1.165, 1.54) is 4.90 Å². The fourth-order valence-electron chi connectivity index (χ4n) is 2.38. The maximum absolute atomic E-state index is 12.4. The van der Waals surface area contributed by atoms with Gasteiger partial charge in [0.1, 0.15) is 18.1 Å². The molecule has 122 valence electrons. The molecule has 1 unspecified atom stereocenters. The smallest absolute Gasteiger partial charge is 0.238 e. The van der Waals surface area contributed by atoms with E-state index in [2.05, 4.69) is 0 Å². The second-order valence-corrected chi connectivity index (χ2v) is 8.08. The molecule has 1 heterocycles. The number of sulfone groups is 1. The van der Waals surface area contributed by atoms with Crippen LogP contribution in [0.15, 0.2) is 24.3 Å². The van der Waals surface area contributed by atoms with E-state index in [0.717, 1.165) is 0 Å². The summed E-state index contributed by atoms with van der Waals surface area (Å²) in [4.78, 5) is 13.8. The van der Waals surface area contributed by atoms with Crippen molar-refractivity contribution in [1.82, 2.24) is 4.90 Å².